The number of hydrogen-bond acceptors (Lipinski definition) is 2. The van der Waals surface area contributed by atoms with Gasteiger partial charge in [0.25, 0.3) is 0 Å². The topological polar surface area (TPSA) is 55.1 Å². The zero-order chi connectivity index (χ0) is 15.5. The van der Waals surface area contributed by atoms with E-state index in [2.05, 4.69) is 32.2 Å². The van der Waals surface area contributed by atoms with Crippen molar-refractivity contribution in [1.29, 1.82) is 0 Å². The second-order valence-corrected chi connectivity index (χ2v) is 6.98. The van der Waals surface area contributed by atoms with Gasteiger partial charge in [0.2, 0.25) is 5.91 Å². The Hall–Kier alpha value is -1.51. The van der Waals surface area contributed by atoms with Crippen molar-refractivity contribution in [2.75, 3.05) is 5.32 Å². The number of para-hydroxylation sites is 1. The van der Waals surface area contributed by atoms with Gasteiger partial charge in [-0.3, -0.25) is 4.79 Å². The molecule has 21 heavy (non-hydrogen) atoms. The average molecular weight is 288 g/mol. The number of amides is 1. The quantitative estimate of drug-likeness (QED) is 0.864. The zero-order valence-corrected chi connectivity index (χ0v) is 13.5. The molecule has 116 valence electrons. The highest BCUT2D eigenvalue weighted by Gasteiger charge is 2.41. The standard InChI is InChI=1S/C18H28N2O/c1-13(2)11-15-8-6-10-18(12-15,17(19)21)20-16-9-5-4-7-14(16)3/h4-5,7,9,13,15,20H,6,8,10-12H2,1-3H3,(H2,19,21). The third kappa shape index (κ3) is 3.78. The third-order valence-corrected chi connectivity index (χ3v) is 4.65. The number of primary amides is 1. The minimum atomic E-state index is -0.579. The Labute approximate surface area is 128 Å². The summed E-state index contributed by atoms with van der Waals surface area (Å²) in [6.07, 6.45) is 5.15. The van der Waals surface area contributed by atoms with Gasteiger partial charge in [0.1, 0.15) is 5.54 Å². The molecule has 1 amide bonds. The molecule has 0 saturated heterocycles. The average Bonchev–Trinajstić information content (AvgIpc) is 2.41. The van der Waals surface area contributed by atoms with E-state index in [0.29, 0.717) is 11.8 Å². The van der Waals surface area contributed by atoms with Gasteiger partial charge in [-0.1, -0.05) is 44.9 Å². The molecular formula is C18H28N2O. The fraction of sp³-hybridized carbons (Fsp3) is 0.611. The molecule has 0 radical (unpaired) electrons. The van der Waals surface area contributed by atoms with Crippen LogP contribution in [0.1, 0.15) is 51.5 Å². The molecule has 2 unspecified atom stereocenters. The van der Waals surface area contributed by atoms with Crippen LogP contribution in [0.2, 0.25) is 0 Å². The first-order valence-electron chi connectivity index (χ1n) is 8.06. The molecule has 1 fully saturated rings. The first-order valence-corrected chi connectivity index (χ1v) is 8.06. The lowest BCUT2D eigenvalue weighted by Crippen LogP contribution is -2.53. The van der Waals surface area contributed by atoms with Crippen LogP contribution in [0.4, 0.5) is 5.69 Å². The molecule has 2 rings (SSSR count). The highest BCUT2D eigenvalue weighted by molar-refractivity contribution is 5.88. The summed E-state index contributed by atoms with van der Waals surface area (Å²) >= 11 is 0. The maximum absolute atomic E-state index is 12.2. The lowest BCUT2D eigenvalue weighted by Gasteiger charge is -2.40. The van der Waals surface area contributed by atoms with Gasteiger partial charge >= 0.3 is 0 Å². The van der Waals surface area contributed by atoms with Crippen LogP contribution in [0.5, 0.6) is 0 Å². The Morgan fingerprint density at radius 1 is 1.43 bits per heavy atom. The number of benzene rings is 1. The number of anilines is 1. The summed E-state index contributed by atoms with van der Waals surface area (Å²) in [7, 11) is 0. The molecule has 0 heterocycles. The smallest absolute Gasteiger partial charge is 0.243 e. The molecule has 0 bridgehead atoms. The second-order valence-electron chi connectivity index (χ2n) is 6.98. The van der Waals surface area contributed by atoms with Crippen molar-refractivity contribution in [2.24, 2.45) is 17.6 Å². The molecule has 1 saturated carbocycles. The highest BCUT2D eigenvalue weighted by Crippen LogP contribution is 2.38. The summed E-state index contributed by atoms with van der Waals surface area (Å²) in [5.41, 5.74) is 7.40. The van der Waals surface area contributed by atoms with Crippen LogP contribution in [0.3, 0.4) is 0 Å². The van der Waals surface area contributed by atoms with Crippen LogP contribution in [-0.2, 0) is 4.79 Å². The minimum absolute atomic E-state index is 0.209. The molecule has 3 heteroatoms. The molecule has 1 aliphatic carbocycles. The van der Waals surface area contributed by atoms with E-state index in [1.54, 1.807) is 0 Å². The molecule has 1 aromatic rings. The molecule has 1 aliphatic rings. The second kappa shape index (κ2) is 6.50. The van der Waals surface area contributed by atoms with E-state index >= 15 is 0 Å². The van der Waals surface area contributed by atoms with Crippen LogP contribution < -0.4 is 11.1 Å². The maximum Gasteiger partial charge on any atom is 0.243 e. The van der Waals surface area contributed by atoms with E-state index < -0.39 is 5.54 Å². The number of carbonyl (C=O) groups is 1. The van der Waals surface area contributed by atoms with Gasteiger partial charge in [-0.25, -0.2) is 0 Å². The number of carbonyl (C=O) groups excluding carboxylic acids is 1. The van der Waals surface area contributed by atoms with E-state index in [9.17, 15) is 4.79 Å². The van der Waals surface area contributed by atoms with Crippen molar-refractivity contribution in [1.82, 2.24) is 0 Å². The van der Waals surface area contributed by atoms with Gasteiger partial charge in [0, 0.05) is 5.69 Å². The molecule has 0 aromatic heterocycles. The van der Waals surface area contributed by atoms with Crippen LogP contribution >= 0.6 is 0 Å². The fourth-order valence-electron chi connectivity index (χ4n) is 3.63. The Bertz CT molecular complexity index is 498. The van der Waals surface area contributed by atoms with Crippen molar-refractivity contribution in [3.05, 3.63) is 29.8 Å². The Morgan fingerprint density at radius 2 is 2.14 bits per heavy atom. The van der Waals surface area contributed by atoms with Gasteiger partial charge in [0.05, 0.1) is 0 Å². The summed E-state index contributed by atoms with van der Waals surface area (Å²) in [5.74, 6) is 1.04. The van der Waals surface area contributed by atoms with Gasteiger partial charge in [0.15, 0.2) is 0 Å². The fourth-order valence-corrected chi connectivity index (χ4v) is 3.63. The van der Waals surface area contributed by atoms with Crippen LogP contribution in [-0.4, -0.2) is 11.4 Å². The Balaban J connectivity index is 2.20. The molecule has 3 nitrogen and oxygen atoms in total. The maximum atomic E-state index is 12.2. The Kier molecular flexibility index (Phi) is 4.92. The number of nitrogens with one attached hydrogen (secondary N) is 1. The van der Waals surface area contributed by atoms with Gasteiger partial charge < -0.3 is 11.1 Å². The van der Waals surface area contributed by atoms with Crippen molar-refractivity contribution in [3.63, 3.8) is 0 Å². The van der Waals surface area contributed by atoms with Crippen molar-refractivity contribution >= 4 is 11.6 Å². The van der Waals surface area contributed by atoms with Crippen molar-refractivity contribution in [2.45, 2.75) is 58.4 Å². The van der Waals surface area contributed by atoms with Crippen LogP contribution in [0.15, 0.2) is 24.3 Å². The molecule has 2 atom stereocenters. The lowest BCUT2D eigenvalue weighted by atomic mass is 9.72. The molecular weight excluding hydrogens is 260 g/mol. The summed E-state index contributed by atoms with van der Waals surface area (Å²) in [5, 5.41) is 3.49. The summed E-state index contributed by atoms with van der Waals surface area (Å²) in [6.45, 7) is 6.55. The zero-order valence-electron chi connectivity index (χ0n) is 13.5. The third-order valence-electron chi connectivity index (χ3n) is 4.65. The van der Waals surface area contributed by atoms with Gasteiger partial charge in [-0.2, -0.15) is 0 Å². The van der Waals surface area contributed by atoms with Gasteiger partial charge in [-0.15, -0.1) is 0 Å². The SMILES string of the molecule is Cc1ccccc1NC1(C(N)=O)CCCC(CC(C)C)C1. The normalized spacial score (nSPS) is 25.8. The Morgan fingerprint density at radius 3 is 2.76 bits per heavy atom. The van der Waals surface area contributed by atoms with E-state index in [4.69, 9.17) is 5.73 Å². The predicted molar refractivity (Wildman–Crippen MR) is 88.1 cm³/mol. The van der Waals surface area contributed by atoms with Gasteiger partial charge in [-0.05, 0) is 49.7 Å². The lowest BCUT2D eigenvalue weighted by molar-refractivity contribution is -0.123. The summed E-state index contributed by atoms with van der Waals surface area (Å²) < 4.78 is 0. The highest BCUT2D eigenvalue weighted by atomic mass is 16.1. The van der Waals surface area contributed by atoms with E-state index in [0.717, 1.165) is 30.5 Å². The minimum Gasteiger partial charge on any atom is -0.371 e. The van der Waals surface area contributed by atoms with Crippen LogP contribution in [0, 0.1) is 18.8 Å². The predicted octanol–water partition coefficient (Wildman–Crippen LogP) is 3.87. The first-order chi connectivity index (χ1) is 9.93. The van der Waals surface area contributed by atoms with E-state index in [-0.39, 0.29) is 5.91 Å². The number of rotatable bonds is 5. The summed E-state index contributed by atoms with van der Waals surface area (Å²) in [4.78, 5) is 12.2. The van der Waals surface area contributed by atoms with Crippen LogP contribution in [0.25, 0.3) is 0 Å². The van der Waals surface area contributed by atoms with E-state index in [1.165, 1.54) is 12.8 Å². The molecule has 0 aliphatic heterocycles. The molecule has 1 aromatic carbocycles. The monoisotopic (exact) mass is 288 g/mol. The number of hydrogen-bond donors (Lipinski definition) is 2. The van der Waals surface area contributed by atoms with Crippen molar-refractivity contribution < 1.29 is 4.79 Å². The number of nitrogens with two attached hydrogens (primary N) is 1. The largest absolute Gasteiger partial charge is 0.371 e. The van der Waals surface area contributed by atoms with E-state index in [1.807, 2.05) is 18.2 Å². The first kappa shape index (κ1) is 15.9. The molecule has 3 N–H and O–H groups in total. The number of aryl methyl sites for hydroxylation is 1. The summed E-state index contributed by atoms with van der Waals surface area (Å²) in [6, 6.07) is 8.11. The molecule has 0 spiro atoms. The van der Waals surface area contributed by atoms with Crippen molar-refractivity contribution in [3.8, 4) is 0 Å².